The lowest BCUT2D eigenvalue weighted by Crippen LogP contribution is -2.44. The Labute approximate surface area is 161 Å². The molecule has 0 unspecified atom stereocenters. The molecule has 1 atom stereocenters. The van der Waals surface area contributed by atoms with Crippen molar-refractivity contribution in [3.05, 3.63) is 40.9 Å². The van der Waals surface area contributed by atoms with Crippen LogP contribution in [0.25, 0.3) is 11.3 Å². The van der Waals surface area contributed by atoms with E-state index in [1.54, 1.807) is 6.07 Å². The molecule has 0 bridgehead atoms. The minimum absolute atomic E-state index is 0.0312. The third-order valence-electron chi connectivity index (χ3n) is 4.09. The number of aromatic nitrogens is 2. The van der Waals surface area contributed by atoms with E-state index in [1.165, 1.54) is 12.4 Å². The molecule has 3 heterocycles. The van der Waals surface area contributed by atoms with E-state index in [1.807, 2.05) is 13.8 Å². The molecule has 0 saturated carbocycles. The smallest absolute Gasteiger partial charge is 0.251 e. The second-order valence-corrected chi connectivity index (χ2v) is 7.23. The summed E-state index contributed by atoms with van der Waals surface area (Å²) in [5, 5.41) is 3.18. The standard InChI is InChI=1S/C18H20ClFN4O3/c1-18(2)9-26-10(8-27-18)6-23-17-14(20)5-12(16(21)25)15(24-17)11-3-4-22-7-13(11)19/h3-5,7,10H,6,8-9H2,1-2H3,(H2,21,25)(H,23,24)/t10-/m1/s1. The Balaban J connectivity index is 1.85. The predicted octanol–water partition coefficient (Wildman–Crippen LogP) is 2.64. The van der Waals surface area contributed by atoms with E-state index in [-0.39, 0.29) is 33.8 Å². The average Bonchev–Trinajstić information content (AvgIpc) is 2.62. The summed E-state index contributed by atoms with van der Waals surface area (Å²) in [6.45, 7) is 4.98. The topological polar surface area (TPSA) is 99.4 Å². The van der Waals surface area contributed by atoms with Crippen LogP contribution in [0.2, 0.25) is 5.02 Å². The summed E-state index contributed by atoms with van der Waals surface area (Å²) in [6, 6.07) is 2.63. The van der Waals surface area contributed by atoms with Gasteiger partial charge in [-0.1, -0.05) is 11.6 Å². The molecular weight excluding hydrogens is 375 g/mol. The van der Waals surface area contributed by atoms with Crippen molar-refractivity contribution in [2.24, 2.45) is 5.73 Å². The number of halogens is 2. The molecule has 27 heavy (non-hydrogen) atoms. The zero-order valence-corrected chi connectivity index (χ0v) is 15.7. The molecule has 3 N–H and O–H groups in total. The number of pyridine rings is 2. The molecule has 1 aliphatic rings. The molecule has 3 rings (SSSR count). The summed E-state index contributed by atoms with van der Waals surface area (Å²) in [5.41, 5.74) is 5.59. The van der Waals surface area contributed by atoms with Crippen LogP contribution >= 0.6 is 11.6 Å². The van der Waals surface area contributed by atoms with Gasteiger partial charge in [0.05, 0.1) is 41.2 Å². The first-order valence-electron chi connectivity index (χ1n) is 8.36. The molecular formula is C18H20ClFN4O3. The molecule has 1 fully saturated rings. The van der Waals surface area contributed by atoms with Crippen molar-refractivity contribution in [1.82, 2.24) is 9.97 Å². The van der Waals surface area contributed by atoms with Gasteiger partial charge in [-0.05, 0) is 26.0 Å². The van der Waals surface area contributed by atoms with Crippen LogP contribution in [0.1, 0.15) is 24.2 Å². The number of rotatable bonds is 5. The number of nitrogens with two attached hydrogens (primary N) is 1. The summed E-state index contributed by atoms with van der Waals surface area (Å²) in [6.07, 6.45) is 2.66. The maximum Gasteiger partial charge on any atom is 0.251 e. The minimum atomic E-state index is -0.804. The number of ether oxygens (including phenoxy) is 2. The molecule has 1 saturated heterocycles. The Morgan fingerprint density at radius 3 is 2.93 bits per heavy atom. The number of nitrogens with one attached hydrogen (secondary N) is 1. The van der Waals surface area contributed by atoms with Crippen molar-refractivity contribution >= 4 is 23.3 Å². The Morgan fingerprint density at radius 1 is 1.52 bits per heavy atom. The van der Waals surface area contributed by atoms with Crippen LogP contribution < -0.4 is 11.1 Å². The number of carbonyl (C=O) groups excluding carboxylic acids is 1. The summed E-state index contributed by atoms with van der Waals surface area (Å²) in [5.74, 6) is -1.53. The Hall–Kier alpha value is -2.29. The van der Waals surface area contributed by atoms with Gasteiger partial charge < -0.3 is 20.5 Å². The Bertz CT molecular complexity index is 852. The molecule has 0 radical (unpaired) electrons. The van der Waals surface area contributed by atoms with Gasteiger partial charge in [-0.15, -0.1) is 0 Å². The zero-order chi connectivity index (χ0) is 19.6. The van der Waals surface area contributed by atoms with Crippen molar-refractivity contribution in [2.45, 2.75) is 25.6 Å². The summed E-state index contributed by atoms with van der Waals surface area (Å²) in [4.78, 5) is 19.9. The van der Waals surface area contributed by atoms with Crippen LogP contribution in [0.5, 0.6) is 0 Å². The molecule has 7 nitrogen and oxygen atoms in total. The molecule has 0 aromatic carbocycles. The van der Waals surface area contributed by atoms with Crippen molar-refractivity contribution in [3.8, 4) is 11.3 Å². The summed E-state index contributed by atoms with van der Waals surface area (Å²) < 4.78 is 25.8. The Morgan fingerprint density at radius 2 is 2.30 bits per heavy atom. The number of primary amides is 1. The van der Waals surface area contributed by atoms with Crippen molar-refractivity contribution in [1.29, 1.82) is 0 Å². The summed E-state index contributed by atoms with van der Waals surface area (Å²) >= 11 is 6.15. The lowest BCUT2D eigenvalue weighted by atomic mass is 10.1. The SMILES string of the molecule is CC1(C)CO[C@H](CNc2nc(-c3ccncc3Cl)c(C(N)=O)cc2F)CO1. The highest BCUT2D eigenvalue weighted by molar-refractivity contribution is 6.33. The van der Waals surface area contributed by atoms with E-state index in [2.05, 4.69) is 15.3 Å². The summed E-state index contributed by atoms with van der Waals surface area (Å²) in [7, 11) is 0. The largest absolute Gasteiger partial charge is 0.371 e. The maximum atomic E-state index is 14.4. The molecule has 2 aromatic rings. The van der Waals surface area contributed by atoms with Crippen LogP contribution in [0.4, 0.5) is 10.2 Å². The molecule has 1 amide bonds. The van der Waals surface area contributed by atoms with Crippen molar-refractivity contribution < 1.29 is 18.7 Å². The monoisotopic (exact) mass is 394 g/mol. The number of amides is 1. The third-order valence-corrected chi connectivity index (χ3v) is 4.39. The molecule has 0 spiro atoms. The van der Waals surface area contributed by atoms with Crippen LogP contribution in [-0.4, -0.2) is 47.3 Å². The number of hydrogen-bond donors (Lipinski definition) is 2. The predicted molar refractivity (Wildman–Crippen MR) is 99.2 cm³/mol. The van der Waals surface area contributed by atoms with Gasteiger partial charge in [-0.25, -0.2) is 9.37 Å². The quantitative estimate of drug-likeness (QED) is 0.808. The fourth-order valence-electron chi connectivity index (χ4n) is 2.63. The normalized spacial score (nSPS) is 18.9. The van der Waals surface area contributed by atoms with Crippen LogP contribution in [0.15, 0.2) is 24.5 Å². The number of hydrogen-bond acceptors (Lipinski definition) is 6. The van der Waals surface area contributed by atoms with E-state index >= 15 is 0 Å². The molecule has 2 aromatic heterocycles. The number of nitrogens with zero attached hydrogens (tertiary/aromatic N) is 2. The highest BCUT2D eigenvalue weighted by Gasteiger charge is 2.28. The highest BCUT2D eigenvalue weighted by Crippen LogP contribution is 2.30. The van der Waals surface area contributed by atoms with Gasteiger partial charge >= 0.3 is 0 Å². The van der Waals surface area contributed by atoms with E-state index in [0.717, 1.165) is 6.07 Å². The fourth-order valence-corrected chi connectivity index (χ4v) is 2.84. The third kappa shape index (κ3) is 4.52. The second kappa shape index (κ2) is 7.75. The van der Waals surface area contributed by atoms with Gasteiger partial charge in [0.1, 0.15) is 0 Å². The van der Waals surface area contributed by atoms with Crippen molar-refractivity contribution in [2.75, 3.05) is 25.1 Å². The highest BCUT2D eigenvalue weighted by atomic mass is 35.5. The lowest BCUT2D eigenvalue weighted by Gasteiger charge is -2.35. The lowest BCUT2D eigenvalue weighted by molar-refractivity contribution is -0.170. The fraction of sp³-hybridized carbons (Fsp3) is 0.389. The van der Waals surface area contributed by atoms with Crippen molar-refractivity contribution in [3.63, 3.8) is 0 Å². The molecule has 144 valence electrons. The average molecular weight is 395 g/mol. The molecule has 0 aliphatic carbocycles. The first-order valence-corrected chi connectivity index (χ1v) is 8.74. The minimum Gasteiger partial charge on any atom is -0.371 e. The van der Waals surface area contributed by atoms with Crippen LogP contribution in [0.3, 0.4) is 0 Å². The molecule has 1 aliphatic heterocycles. The van der Waals surface area contributed by atoms with Crippen LogP contribution in [0, 0.1) is 5.82 Å². The maximum absolute atomic E-state index is 14.4. The van der Waals surface area contributed by atoms with E-state index < -0.39 is 11.7 Å². The van der Waals surface area contributed by atoms with E-state index in [4.69, 9.17) is 26.8 Å². The second-order valence-electron chi connectivity index (χ2n) is 6.82. The van der Waals surface area contributed by atoms with E-state index in [0.29, 0.717) is 25.3 Å². The van der Waals surface area contributed by atoms with Gasteiger partial charge in [0, 0.05) is 24.5 Å². The number of anilines is 1. The van der Waals surface area contributed by atoms with Gasteiger partial charge in [0.2, 0.25) is 0 Å². The van der Waals surface area contributed by atoms with Gasteiger partial charge in [0.25, 0.3) is 5.91 Å². The Kier molecular flexibility index (Phi) is 5.59. The van der Waals surface area contributed by atoms with Gasteiger partial charge in [-0.3, -0.25) is 9.78 Å². The van der Waals surface area contributed by atoms with Gasteiger partial charge in [0.15, 0.2) is 11.6 Å². The van der Waals surface area contributed by atoms with Gasteiger partial charge in [-0.2, -0.15) is 0 Å². The molecule has 9 heteroatoms. The first-order chi connectivity index (χ1) is 12.8. The number of carbonyl (C=O) groups is 1. The zero-order valence-electron chi connectivity index (χ0n) is 15.0. The van der Waals surface area contributed by atoms with E-state index in [9.17, 15) is 9.18 Å². The first kappa shape index (κ1) is 19.5. The van der Waals surface area contributed by atoms with Crippen LogP contribution in [-0.2, 0) is 9.47 Å².